The van der Waals surface area contributed by atoms with E-state index in [1.165, 1.54) is 12.8 Å². The Morgan fingerprint density at radius 2 is 2.44 bits per heavy atom. The third-order valence-corrected chi connectivity index (χ3v) is 2.92. The normalized spacial score (nSPS) is 19.2. The number of hydrogen-bond acceptors (Lipinski definition) is 4. The fraction of sp³-hybridized carbons (Fsp3) is 0.643. The molecule has 100 valence electrons. The first-order valence-electron chi connectivity index (χ1n) is 6.73. The van der Waals surface area contributed by atoms with Crippen LogP contribution in [0.15, 0.2) is 18.3 Å². The van der Waals surface area contributed by atoms with Gasteiger partial charge in [0.05, 0.1) is 17.9 Å². The molecule has 0 amide bonds. The number of hydrogen-bond donors (Lipinski definition) is 1. The Morgan fingerprint density at radius 1 is 1.56 bits per heavy atom. The Balaban J connectivity index is 1.83. The number of nitrogens with zero attached hydrogens (tertiary/aromatic N) is 1. The molecule has 18 heavy (non-hydrogen) atoms. The van der Waals surface area contributed by atoms with Gasteiger partial charge in [-0.2, -0.15) is 0 Å². The van der Waals surface area contributed by atoms with Crippen LogP contribution in [0.5, 0.6) is 5.88 Å². The molecule has 1 N–H and O–H groups in total. The highest BCUT2D eigenvalue weighted by Gasteiger charge is 2.15. The molecular weight excluding hydrogens is 228 g/mol. The van der Waals surface area contributed by atoms with E-state index < -0.39 is 0 Å². The summed E-state index contributed by atoms with van der Waals surface area (Å²) < 4.78 is 11.3. The standard InChI is InChI=1S/C14H22N2O2/c1-11(2)18-14-13(6-3-8-16-14)15-9-7-12-5-4-10-17-12/h3,6,8,11-12,15H,4-5,7,9-10H2,1-2H3. The van der Waals surface area contributed by atoms with Gasteiger partial charge in [-0.1, -0.05) is 0 Å². The van der Waals surface area contributed by atoms with Gasteiger partial charge >= 0.3 is 0 Å². The number of pyridine rings is 1. The van der Waals surface area contributed by atoms with E-state index in [2.05, 4.69) is 10.3 Å². The van der Waals surface area contributed by atoms with Gasteiger partial charge in [-0.05, 0) is 45.2 Å². The SMILES string of the molecule is CC(C)Oc1ncccc1NCCC1CCCO1. The van der Waals surface area contributed by atoms with Crippen LogP contribution in [0.1, 0.15) is 33.1 Å². The lowest BCUT2D eigenvalue weighted by molar-refractivity contribution is 0.107. The minimum absolute atomic E-state index is 0.138. The van der Waals surface area contributed by atoms with Crippen molar-refractivity contribution in [3.8, 4) is 5.88 Å². The maximum atomic E-state index is 5.66. The molecule has 0 spiro atoms. The van der Waals surface area contributed by atoms with E-state index in [0.29, 0.717) is 12.0 Å². The zero-order valence-electron chi connectivity index (χ0n) is 11.2. The van der Waals surface area contributed by atoms with E-state index in [-0.39, 0.29) is 6.10 Å². The second-order valence-corrected chi connectivity index (χ2v) is 4.87. The van der Waals surface area contributed by atoms with E-state index in [0.717, 1.165) is 25.3 Å². The average Bonchev–Trinajstić information content (AvgIpc) is 2.84. The quantitative estimate of drug-likeness (QED) is 0.843. The summed E-state index contributed by atoms with van der Waals surface area (Å²) in [7, 11) is 0. The Kier molecular flexibility index (Phi) is 4.81. The molecule has 1 unspecified atom stereocenters. The molecule has 0 bridgehead atoms. The first-order valence-corrected chi connectivity index (χ1v) is 6.73. The van der Waals surface area contributed by atoms with E-state index >= 15 is 0 Å². The maximum absolute atomic E-state index is 5.66. The minimum Gasteiger partial charge on any atom is -0.473 e. The smallest absolute Gasteiger partial charge is 0.237 e. The molecule has 4 heteroatoms. The Bertz CT molecular complexity index is 363. The van der Waals surface area contributed by atoms with Crippen molar-refractivity contribution in [2.45, 2.75) is 45.3 Å². The summed E-state index contributed by atoms with van der Waals surface area (Å²) in [5, 5.41) is 3.38. The summed E-state index contributed by atoms with van der Waals surface area (Å²) in [5.74, 6) is 0.680. The summed E-state index contributed by atoms with van der Waals surface area (Å²) in [6.07, 6.45) is 5.73. The first-order chi connectivity index (χ1) is 8.75. The summed E-state index contributed by atoms with van der Waals surface area (Å²) in [6.45, 7) is 5.82. The molecule has 1 saturated heterocycles. The molecular formula is C14H22N2O2. The van der Waals surface area contributed by atoms with E-state index in [1.807, 2.05) is 26.0 Å². The molecule has 1 aliphatic heterocycles. The largest absolute Gasteiger partial charge is 0.473 e. The van der Waals surface area contributed by atoms with Crippen molar-refractivity contribution < 1.29 is 9.47 Å². The predicted octanol–water partition coefficient (Wildman–Crippen LogP) is 2.85. The zero-order valence-corrected chi connectivity index (χ0v) is 11.2. The molecule has 2 rings (SSSR count). The van der Waals surface area contributed by atoms with Crippen LogP contribution in [-0.4, -0.2) is 30.3 Å². The van der Waals surface area contributed by atoms with Gasteiger partial charge in [0, 0.05) is 19.3 Å². The van der Waals surface area contributed by atoms with Gasteiger partial charge in [0.25, 0.3) is 0 Å². The van der Waals surface area contributed by atoms with Gasteiger partial charge in [0.2, 0.25) is 5.88 Å². The maximum Gasteiger partial charge on any atom is 0.237 e. The van der Waals surface area contributed by atoms with Gasteiger partial charge in [0.1, 0.15) is 0 Å². The van der Waals surface area contributed by atoms with Gasteiger partial charge < -0.3 is 14.8 Å². The lowest BCUT2D eigenvalue weighted by Crippen LogP contribution is -2.14. The van der Waals surface area contributed by atoms with Gasteiger partial charge in [-0.15, -0.1) is 0 Å². The number of aromatic nitrogens is 1. The Hall–Kier alpha value is -1.29. The summed E-state index contributed by atoms with van der Waals surface area (Å²) in [4.78, 5) is 4.25. The van der Waals surface area contributed by atoms with Crippen molar-refractivity contribution >= 4 is 5.69 Å². The predicted molar refractivity (Wildman–Crippen MR) is 72.1 cm³/mol. The topological polar surface area (TPSA) is 43.4 Å². The highest BCUT2D eigenvalue weighted by Crippen LogP contribution is 2.22. The summed E-state index contributed by atoms with van der Waals surface area (Å²) >= 11 is 0. The fourth-order valence-corrected chi connectivity index (χ4v) is 2.08. The van der Waals surface area contributed by atoms with Crippen LogP contribution in [0.25, 0.3) is 0 Å². The number of ether oxygens (including phenoxy) is 2. The van der Waals surface area contributed by atoms with Crippen LogP contribution < -0.4 is 10.1 Å². The molecule has 0 aliphatic carbocycles. The first kappa shape index (κ1) is 13.1. The van der Waals surface area contributed by atoms with Crippen LogP contribution in [0.2, 0.25) is 0 Å². The number of nitrogens with one attached hydrogen (secondary N) is 1. The molecule has 4 nitrogen and oxygen atoms in total. The molecule has 1 fully saturated rings. The second-order valence-electron chi connectivity index (χ2n) is 4.87. The summed E-state index contributed by atoms with van der Waals surface area (Å²) in [6, 6.07) is 3.92. The second kappa shape index (κ2) is 6.59. The molecule has 0 saturated carbocycles. The van der Waals surface area contributed by atoms with Gasteiger partial charge in [0.15, 0.2) is 0 Å². The molecule has 1 aromatic rings. The molecule has 1 atom stereocenters. The van der Waals surface area contributed by atoms with Crippen molar-refractivity contribution in [2.24, 2.45) is 0 Å². The molecule has 2 heterocycles. The zero-order chi connectivity index (χ0) is 12.8. The van der Waals surface area contributed by atoms with Crippen LogP contribution in [0.4, 0.5) is 5.69 Å². The fourth-order valence-electron chi connectivity index (χ4n) is 2.08. The van der Waals surface area contributed by atoms with Crippen molar-refractivity contribution in [3.63, 3.8) is 0 Å². The molecule has 0 radical (unpaired) electrons. The third-order valence-electron chi connectivity index (χ3n) is 2.92. The highest BCUT2D eigenvalue weighted by atomic mass is 16.5. The van der Waals surface area contributed by atoms with Crippen LogP contribution in [0, 0.1) is 0 Å². The summed E-state index contributed by atoms with van der Waals surface area (Å²) in [5.41, 5.74) is 0.962. The Morgan fingerprint density at radius 3 is 3.17 bits per heavy atom. The third kappa shape index (κ3) is 3.88. The minimum atomic E-state index is 0.138. The average molecular weight is 250 g/mol. The van der Waals surface area contributed by atoms with Gasteiger partial charge in [-0.3, -0.25) is 0 Å². The van der Waals surface area contributed by atoms with E-state index in [1.54, 1.807) is 6.20 Å². The monoisotopic (exact) mass is 250 g/mol. The molecule has 1 aliphatic rings. The lowest BCUT2D eigenvalue weighted by Gasteiger charge is -2.15. The van der Waals surface area contributed by atoms with Gasteiger partial charge in [-0.25, -0.2) is 4.98 Å². The van der Waals surface area contributed by atoms with Crippen LogP contribution in [-0.2, 0) is 4.74 Å². The van der Waals surface area contributed by atoms with Crippen molar-refractivity contribution in [1.29, 1.82) is 0 Å². The van der Waals surface area contributed by atoms with Crippen molar-refractivity contribution in [3.05, 3.63) is 18.3 Å². The highest BCUT2D eigenvalue weighted by molar-refractivity contribution is 5.51. The van der Waals surface area contributed by atoms with E-state index in [9.17, 15) is 0 Å². The molecule has 0 aromatic carbocycles. The van der Waals surface area contributed by atoms with Crippen LogP contribution in [0.3, 0.4) is 0 Å². The Labute approximate surface area is 109 Å². The molecule has 1 aromatic heterocycles. The number of anilines is 1. The van der Waals surface area contributed by atoms with E-state index in [4.69, 9.17) is 9.47 Å². The number of rotatable bonds is 6. The van der Waals surface area contributed by atoms with Crippen LogP contribution >= 0.6 is 0 Å². The lowest BCUT2D eigenvalue weighted by atomic mass is 10.2. The van der Waals surface area contributed by atoms with Crippen molar-refractivity contribution in [2.75, 3.05) is 18.5 Å². The van der Waals surface area contributed by atoms with Crippen molar-refractivity contribution in [1.82, 2.24) is 4.98 Å².